The van der Waals surface area contributed by atoms with Crippen LogP contribution in [0.15, 0.2) is 54.0 Å². The second-order valence-electron chi connectivity index (χ2n) is 7.98. The van der Waals surface area contributed by atoms with E-state index in [1.165, 1.54) is 35.4 Å². The molecule has 3 heterocycles. The zero-order valence-corrected chi connectivity index (χ0v) is 22.4. The van der Waals surface area contributed by atoms with Crippen LogP contribution in [0.2, 0.25) is 0 Å². The van der Waals surface area contributed by atoms with Crippen LogP contribution in [0.3, 0.4) is 0 Å². The number of halogens is 5. The van der Waals surface area contributed by atoms with Gasteiger partial charge in [-0.2, -0.15) is 13.2 Å². The molecule has 0 saturated heterocycles. The Labute approximate surface area is 232 Å². The number of carbonyl (C=O) groups is 1. The second-order valence-corrected chi connectivity index (χ2v) is 7.98. The van der Waals surface area contributed by atoms with Gasteiger partial charge in [-0.25, -0.2) is 19.7 Å². The summed E-state index contributed by atoms with van der Waals surface area (Å²) in [5.74, 6) is 0.396. The van der Waals surface area contributed by atoms with Crippen molar-refractivity contribution < 1.29 is 22.7 Å². The Morgan fingerprint density at radius 2 is 1.85 bits per heavy atom. The van der Waals surface area contributed by atoms with Gasteiger partial charge in [-0.05, 0) is 45.0 Å². The molecule has 0 unspecified atom stereocenters. The van der Waals surface area contributed by atoms with E-state index in [0.717, 1.165) is 12.1 Å². The minimum atomic E-state index is -4.62. The molecule has 0 fully saturated rings. The fraction of sp³-hybridized carbons (Fsp3) is 0.208. The Morgan fingerprint density at radius 3 is 2.46 bits per heavy atom. The summed E-state index contributed by atoms with van der Waals surface area (Å²) in [5, 5.41) is 4.97. The van der Waals surface area contributed by atoms with Crippen LogP contribution < -0.4 is 20.9 Å². The first-order valence-electron chi connectivity index (χ1n) is 11.0. The lowest BCUT2D eigenvalue weighted by atomic mass is 10.1. The number of aromatic nitrogens is 5. The summed E-state index contributed by atoms with van der Waals surface area (Å²) in [6, 6.07) is 3.92. The number of rotatable bonds is 6. The third-order valence-corrected chi connectivity index (χ3v) is 5.17. The summed E-state index contributed by atoms with van der Waals surface area (Å²) in [5.41, 5.74) is 0.549. The number of nitrogens with zero attached hydrogens (tertiary/aromatic N) is 4. The molecule has 3 aromatic heterocycles. The van der Waals surface area contributed by atoms with Crippen molar-refractivity contribution in [3.8, 4) is 22.8 Å². The van der Waals surface area contributed by atoms with Gasteiger partial charge in [0.05, 0.1) is 41.8 Å². The summed E-state index contributed by atoms with van der Waals surface area (Å²) in [6.45, 7) is 5.39. The van der Waals surface area contributed by atoms with Gasteiger partial charge in [0.25, 0.3) is 5.56 Å². The van der Waals surface area contributed by atoms with Gasteiger partial charge in [0.1, 0.15) is 0 Å². The predicted molar refractivity (Wildman–Crippen MR) is 144 cm³/mol. The van der Waals surface area contributed by atoms with Crippen molar-refractivity contribution in [2.45, 2.75) is 26.9 Å². The van der Waals surface area contributed by atoms with Gasteiger partial charge in [-0.15, -0.1) is 24.8 Å². The third kappa shape index (κ3) is 7.48. The van der Waals surface area contributed by atoms with Crippen LogP contribution in [0.25, 0.3) is 17.1 Å². The van der Waals surface area contributed by atoms with E-state index >= 15 is 0 Å². The zero-order valence-electron chi connectivity index (χ0n) is 20.8. The molecule has 0 saturated carbocycles. The summed E-state index contributed by atoms with van der Waals surface area (Å²) in [6.07, 6.45) is 1.13. The lowest BCUT2D eigenvalue weighted by Crippen LogP contribution is -2.21. The standard InChI is InChI=1S/C24H22F3N7O3.2ClH/c1-4-37-20-5-15(9-29-22(20)35)21-28-10-19(14(3)31-21)33-23(36)32-17-6-16(24(25,26)27)7-18(8-17)34-11-13(2)30-12-34;;/h5-12H,4H2,1-3H3,(H,29,35)(H2,32,33,36);2*1H. The highest BCUT2D eigenvalue weighted by atomic mass is 35.5. The molecule has 0 aliphatic heterocycles. The molecule has 4 rings (SSSR count). The van der Waals surface area contributed by atoms with Gasteiger partial charge in [0, 0.05) is 29.3 Å². The zero-order chi connectivity index (χ0) is 26.7. The molecule has 3 N–H and O–H groups in total. The molecular weight excluding hydrogens is 562 g/mol. The van der Waals surface area contributed by atoms with Gasteiger partial charge < -0.3 is 24.9 Å². The van der Waals surface area contributed by atoms with Crippen LogP contribution in [0.1, 0.15) is 23.9 Å². The molecule has 2 amide bonds. The van der Waals surface area contributed by atoms with Crippen LogP contribution >= 0.6 is 24.8 Å². The number of hydrogen-bond donors (Lipinski definition) is 3. The molecule has 208 valence electrons. The van der Waals surface area contributed by atoms with Crippen molar-refractivity contribution in [3.63, 3.8) is 0 Å². The van der Waals surface area contributed by atoms with Crippen LogP contribution in [0.4, 0.5) is 29.3 Å². The normalized spacial score (nSPS) is 10.7. The van der Waals surface area contributed by atoms with E-state index in [9.17, 15) is 22.8 Å². The molecule has 0 aliphatic rings. The smallest absolute Gasteiger partial charge is 0.416 e. The number of aryl methyl sites for hydroxylation is 2. The first kappa shape index (κ1) is 31.1. The number of anilines is 2. The molecule has 1 aromatic carbocycles. The number of urea groups is 1. The molecule has 39 heavy (non-hydrogen) atoms. The highest BCUT2D eigenvalue weighted by Crippen LogP contribution is 2.33. The number of nitrogens with one attached hydrogen (secondary N) is 3. The second kappa shape index (κ2) is 12.6. The van der Waals surface area contributed by atoms with Crippen LogP contribution in [0.5, 0.6) is 5.75 Å². The number of carbonyl (C=O) groups excluding carboxylic acids is 1. The number of alkyl halides is 3. The van der Waals surface area contributed by atoms with Gasteiger partial charge in [0.2, 0.25) is 0 Å². The fourth-order valence-electron chi connectivity index (χ4n) is 3.43. The third-order valence-electron chi connectivity index (χ3n) is 5.17. The molecule has 10 nitrogen and oxygen atoms in total. The topological polar surface area (TPSA) is 127 Å². The Morgan fingerprint density at radius 1 is 1.10 bits per heavy atom. The number of imidazole rings is 1. The van der Waals surface area contributed by atoms with Gasteiger partial charge in [-0.1, -0.05) is 0 Å². The van der Waals surface area contributed by atoms with E-state index in [1.807, 2.05) is 0 Å². The van der Waals surface area contributed by atoms with Crippen molar-refractivity contribution in [1.29, 1.82) is 0 Å². The van der Waals surface area contributed by atoms with E-state index in [-0.39, 0.29) is 53.5 Å². The minimum absolute atomic E-state index is 0. The van der Waals surface area contributed by atoms with Gasteiger partial charge in [0.15, 0.2) is 11.6 Å². The van der Waals surface area contributed by atoms with E-state index in [0.29, 0.717) is 23.6 Å². The minimum Gasteiger partial charge on any atom is -0.488 e. The summed E-state index contributed by atoms with van der Waals surface area (Å²) < 4.78 is 47.1. The molecule has 0 atom stereocenters. The van der Waals surface area contributed by atoms with Gasteiger partial charge >= 0.3 is 12.2 Å². The summed E-state index contributed by atoms with van der Waals surface area (Å²) >= 11 is 0. The average Bonchev–Trinajstić information content (AvgIpc) is 3.27. The first-order chi connectivity index (χ1) is 17.5. The molecular formula is C24H24Cl2F3N7O3. The van der Waals surface area contributed by atoms with Crippen molar-refractivity contribution in [2.75, 3.05) is 17.2 Å². The molecule has 0 spiro atoms. The van der Waals surface area contributed by atoms with Crippen molar-refractivity contribution in [1.82, 2.24) is 24.5 Å². The number of pyridine rings is 1. The predicted octanol–water partition coefficient (Wildman–Crippen LogP) is 5.54. The Hall–Kier alpha value is -4.10. The fourth-order valence-corrected chi connectivity index (χ4v) is 3.43. The number of hydrogen-bond acceptors (Lipinski definition) is 6. The SMILES string of the molecule is CCOc1cc(-c2ncc(NC(=O)Nc3cc(-n4cnc(C)c4)cc(C(F)(F)F)c3)c(C)n2)c[nH]c1=O.Cl.Cl. The summed E-state index contributed by atoms with van der Waals surface area (Å²) in [7, 11) is 0. The number of ether oxygens (including phenoxy) is 1. The molecule has 4 aromatic rings. The monoisotopic (exact) mass is 585 g/mol. The Balaban J connectivity index is 0.00000267. The maximum absolute atomic E-state index is 13.5. The average molecular weight is 586 g/mol. The van der Waals surface area contributed by atoms with Crippen LogP contribution in [0, 0.1) is 13.8 Å². The maximum Gasteiger partial charge on any atom is 0.416 e. The quantitative estimate of drug-likeness (QED) is 0.273. The van der Waals surface area contributed by atoms with E-state index < -0.39 is 23.3 Å². The molecule has 0 bridgehead atoms. The van der Waals surface area contributed by atoms with Crippen molar-refractivity contribution in [3.05, 3.63) is 76.5 Å². The lowest BCUT2D eigenvalue weighted by Gasteiger charge is -2.14. The Kier molecular flexibility index (Phi) is 10.1. The van der Waals surface area contributed by atoms with Crippen molar-refractivity contribution in [2.24, 2.45) is 0 Å². The lowest BCUT2D eigenvalue weighted by molar-refractivity contribution is -0.137. The first-order valence-corrected chi connectivity index (χ1v) is 11.0. The van der Waals surface area contributed by atoms with E-state index in [1.54, 1.807) is 27.0 Å². The maximum atomic E-state index is 13.5. The largest absolute Gasteiger partial charge is 0.488 e. The van der Waals surface area contributed by atoms with E-state index in [2.05, 4.69) is 30.6 Å². The highest BCUT2D eigenvalue weighted by molar-refractivity contribution is 6.00. The summed E-state index contributed by atoms with van der Waals surface area (Å²) in [4.78, 5) is 39.6. The van der Waals surface area contributed by atoms with Gasteiger partial charge in [-0.3, -0.25) is 4.79 Å². The molecule has 15 heteroatoms. The molecule has 0 aliphatic carbocycles. The number of aromatic amines is 1. The van der Waals surface area contributed by atoms with Crippen LogP contribution in [-0.4, -0.2) is 37.1 Å². The number of H-pyrrole nitrogens is 1. The molecule has 0 radical (unpaired) electrons. The van der Waals surface area contributed by atoms with E-state index in [4.69, 9.17) is 4.74 Å². The Bertz CT molecular complexity index is 1520. The van der Waals surface area contributed by atoms with Crippen molar-refractivity contribution >= 4 is 42.2 Å². The highest BCUT2D eigenvalue weighted by Gasteiger charge is 2.31. The number of benzene rings is 1. The number of amides is 2. The van der Waals surface area contributed by atoms with Crippen LogP contribution in [-0.2, 0) is 6.18 Å².